The zero-order valence-corrected chi connectivity index (χ0v) is 7.14. The van der Waals surface area contributed by atoms with Crippen molar-refractivity contribution in [3.05, 3.63) is 0 Å². The van der Waals surface area contributed by atoms with Crippen molar-refractivity contribution in [2.75, 3.05) is 40.3 Å². The van der Waals surface area contributed by atoms with Crippen molar-refractivity contribution in [2.24, 2.45) is 0 Å². The molecule has 0 bridgehead atoms. The molecular formula is C8H18N2. The summed E-state index contributed by atoms with van der Waals surface area (Å²) in [5.41, 5.74) is 0. The molecule has 1 fully saturated rings. The van der Waals surface area contributed by atoms with E-state index in [-0.39, 0.29) is 0 Å². The van der Waals surface area contributed by atoms with Gasteiger partial charge in [0.05, 0.1) is 0 Å². The van der Waals surface area contributed by atoms with E-state index in [1.165, 1.54) is 39.0 Å². The second-order valence-corrected chi connectivity index (χ2v) is 3.35. The molecule has 0 spiro atoms. The Hall–Kier alpha value is -0.0800. The minimum absolute atomic E-state index is 1.23. The van der Waals surface area contributed by atoms with Gasteiger partial charge >= 0.3 is 0 Å². The number of hydrogen-bond donors (Lipinski definition) is 0. The van der Waals surface area contributed by atoms with E-state index in [1.807, 2.05) is 0 Å². The summed E-state index contributed by atoms with van der Waals surface area (Å²) in [4.78, 5) is 4.77. The summed E-state index contributed by atoms with van der Waals surface area (Å²) < 4.78 is 0. The fourth-order valence-corrected chi connectivity index (χ4v) is 1.22. The maximum atomic E-state index is 2.52. The van der Waals surface area contributed by atoms with Crippen molar-refractivity contribution in [3.63, 3.8) is 0 Å². The molecule has 1 saturated heterocycles. The van der Waals surface area contributed by atoms with Crippen LogP contribution in [0, 0.1) is 0 Å². The maximum absolute atomic E-state index is 2.52. The lowest BCUT2D eigenvalue weighted by Gasteiger charge is -2.30. The van der Waals surface area contributed by atoms with Crippen LogP contribution in [0.4, 0.5) is 0 Å². The molecule has 1 heterocycles. The molecule has 0 amide bonds. The quantitative estimate of drug-likeness (QED) is 0.568. The van der Waals surface area contributed by atoms with Crippen LogP contribution in [0.15, 0.2) is 0 Å². The molecule has 1 aliphatic heterocycles. The fourth-order valence-electron chi connectivity index (χ4n) is 1.22. The van der Waals surface area contributed by atoms with Crippen molar-refractivity contribution in [3.8, 4) is 0 Å². The van der Waals surface area contributed by atoms with Crippen LogP contribution in [-0.4, -0.2) is 50.1 Å². The standard InChI is InChI=1S/C8H18N2/c1-9(2)5-3-6-10-7-4-8-10/h3-8H2,1-2H3. The van der Waals surface area contributed by atoms with Gasteiger partial charge < -0.3 is 9.80 Å². The molecule has 0 atom stereocenters. The highest BCUT2D eigenvalue weighted by molar-refractivity contribution is 4.67. The van der Waals surface area contributed by atoms with Gasteiger partial charge in [0.1, 0.15) is 0 Å². The van der Waals surface area contributed by atoms with Gasteiger partial charge in [0.2, 0.25) is 0 Å². The first kappa shape index (κ1) is 8.02. The molecule has 60 valence electrons. The number of hydrogen-bond acceptors (Lipinski definition) is 2. The summed E-state index contributed by atoms with van der Waals surface area (Å²) in [5, 5.41) is 0. The lowest BCUT2D eigenvalue weighted by atomic mass is 10.2. The van der Waals surface area contributed by atoms with Crippen LogP contribution in [0.25, 0.3) is 0 Å². The van der Waals surface area contributed by atoms with Gasteiger partial charge in [0, 0.05) is 0 Å². The van der Waals surface area contributed by atoms with Crippen LogP contribution in [0.2, 0.25) is 0 Å². The topological polar surface area (TPSA) is 6.48 Å². The zero-order chi connectivity index (χ0) is 7.40. The summed E-state index contributed by atoms with van der Waals surface area (Å²) in [6, 6.07) is 0. The maximum Gasteiger partial charge on any atom is -0.000653 e. The molecule has 0 aromatic rings. The smallest absolute Gasteiger partial charge is 0.000653 e. The lowest BCUT2D eigenvalue weighted by molar-refractivity contribution is 0.173. The van der Waals surface area contributed by atoms with Gasteiger partial charge in [-0.1, -0.05) is 0 Å². The Morgan fingerprint density at radius 3 is 2.40 bits per heavy atom. The Morgan fingerprint density at radius 2 is 2.00 bits per heavy atom. The van der Waals surface area contributed by atoms with Gasteiger partial charge in [-0.3, -0.25) is 0 Å². The highest BCUT2D eigenvalue weighted by Crippen LogP contribution is 2.05. The second kappa shape index (κ2) is 3.94. The Bertz CT molecular complexity index is 87.3. The predicted octanol–water partition coefficient (Wildman–Crippen LogP) is 0.644. The molecule has 1 aliphatic rings. The monoisotopic (exact) mass is 142 g/mol. The zero-order valence-electron chi connectivity index (χ0n) is 7.14. The largest absolute Gasteiger partial charge is 0.309 e. The van der Waals surface area contributed by atoms with Crippen molar-refractivity contribution in [1.82, 2.24) is 9.80 Å². The number of rotatable bonds is 4. The number of likely N-dealkylation sites (tertiary alicyclic amines) is 1. The van der Waals surface area contributed by atoms with Crippen LogP contribution in [-0.2, 0) is 0 Å². The predicted molar refractivity (Wildman–Crippen MR) is 44.2 cm³/mol. The van der Waals surface area contributed by atoms with E-state index in [2.05, 4.69) is 23.9 Å². The third-order valence-corrected chi connectivity index (χ3v) is 2.03. The molecule has 0 aliphatic carbocycles. The van der Waals surface area contributed by atoms with E-state index in [0.717, 1.165) is 0 Å². The van der Waals surface area contributed by atoms with Crippen molar-refractivity contribution < 1.29 is 0 Å². The minimum Gasteiger partial charge on any atom is -0.309 e. The summed E-state index contributed by atoms with van der Waals surface area (Å²) in [6.45, 7) is 5.22. The van der Waals surface area contributed by atoms with Crippen molar-refractivity contribution >= 4 is 0 Å². The van der Waals surface area contributed by atoms with E-state index < -0.39 is 0 Å². The highest BCUT2D eigenvalue weighted by Gasteiger charge is 2.11. The summed E-state index contributed by atoms with van der Waals surface area (Å²) in [6.07, 6.45) is 2.75. The van der Waals surface area contributed by atoms with Gasteiger partial charge in [0.25, 0.3) is 0 Å². The first-order valence-electron chi connectivity index (χ1n) is 4.16. The van der Waals surface area contributed by atoms with Crippen LogP contribution in [0.1, 0.15) is 12.8 Å². The lowest BCUT2D eigenvalue weighted by Crippen LogP contribution is -2.38. The Balaban J connectivity index is 1.85. The third-order valence-electron chi connectivity index (χ3n) is 2.03. The minimum atomic E-state index is 1.23. The molecule has 2 heteroatoms. The fraction of sp³-hybridized carbons (Fsp3) is 1.00. The van der Waals surface area contributed by atoms with E-state index in [1.54, 1.807) is 0 Å². The van der Waals surface area contributed by atoms with Crippen molar-refractivity contribution in [2.45, 2.75) is 12.8 Å². The molecule has 2 nitrogen and oxygen atoms in total. The van der Waals surface area contributed by atoms with Gasteiger partial charge in [-0.2, -0.15) is 0 Å². The van der Waals surface area contributed by atoms with E-state index in [0.29, 0.717) is 0 Å². The highest BCUT2D eigenvalue weighted by atomic mass is 15.2. The van der Waals surface area contributed by atoms with Crippen molar-refractivity contribution in [1.29, 1.82) is 0 Å². The van der Waals surface area contributed by atoms with Gasteiger partial charge in [-0.15, -0.1) is 0 Å². The number of nitrogens with zero attached hydrogens (tertiary/aromatic N) is 2. The summed E-state index contributed by atoms with van der Waals surface area (Å²) in [5.74, 6) is 0. The van der Waals surface area contributed by atoms with Gasteiger partial charge in [-0.05, 0) is 53.1 Å². The first-order valence-corrected chi connectivity index (χ1v) is 4.16. The molecular weight excluding hydrogens is 124 g/mol. The van der Waals surface area contributed by atoms with Gasteiger partial charge in [-0.25, -0.2) is 0 Å². The summed E-state index contributed by atoms with van der Waals surface area (Å²) in [7, 11) is 4.27. The van der Waals surface area contributed by atoms with Crippen LogP contribution >= 0.6 is 0 Å². The average Bonchev–Trinajstić information content (AvgIpc) is 1.75. The molecule has 0 aromatic heterocycles. The van der Waals surface area contributed by atoms with Crippen LogP contribution in [0.5, 0.6) is 0 Å². The molecule has 0 N–H and O–H groups in total. The SMILES string of the molecule is CN(C)CCCN1CCC1. The van der Waals surface area contributed by atoms with E-state index in [9.17, 15) is 0 Å². The molecule has 0 unspecified atom stereocenters. The van der Waals surface area contributed by atoms with E-state index in [4.69, 9.17) is 0 Å². The Labute approximate surface area is 63.8 Å². The normalized spacial score (nSPS) is 19.5. The molecule has 1 rings (SSSR count). The average molecular weight is 142 g/mol. The van der Waals surface area contributed by atoms with Crippen LogP contribution < -0.4 is 0 Å². The van der Waals surface area contributed by atoms with E-state index >= 15 is 0 Å². The van der Waals surface area contributed by atoms with Crippen LogP contribution in [0.3, 0.4) is 0 Å². The first-order chi connectivity index (χ1) is 4.79. The Morgan fingerprint density at radius 1 is 1.30 bits per heavy atom. The molecule has 0 aromatic carbocycles. The molecule has 0 saturated carbocycles. The Kier molecular flexibility index (Phi) is 3.16. The summed E-state index contributed by atoms with van der Waals surface area (Å²) >= 11 is 0. The van der Waals surface area contributed by atoms with Gasteiger partial charge in [0.15, 0.2) is 0 Å². The molecule has 0 radical (unpaired) electrons. The third kappa shape index (κ3) is 2.67. The second-order valence-electron chi connectivity index (χ2n) is 3.35. The molecule has 10 heavy (non-hydrogen) atoms.